The van der Waals surface area contributed by atoms with Crippen LogP contribution < -0.4 is 26.9 Å². The Morgan fingerprint density at radius 2 is 1.67 bits per heavy atom. The maximum atomic E-state index is 12.7. The second-order valence-corrected chi connectivity index (χ2v) is 7.57. The number of hydrogen-bond donors (Lipinski definition) is 1. The van der Waals surface area contributed by atoms with E-state index in [0.29, 0.717) is 25.1 Å². The van der Waals surface area contributed by atoms with E-state index >= 15 is 0 Å². The van der Waals surface area contributed by atoms with Crippen molar-refractivity contribution in [2.45, 2.75) is 32.1 Å². The van der Waals surface area contributed by atoms with E-state index in [4.69, 9.17) is 4.74 Å². The third-order valence-corrected chi connectivity index (χ3v) is 5.87. The summed E-state index contributed by atoms with van der Waals surface area (Å²) in [6, 6.07) is 7.41. The van der Waals surface area contributed by atoms with Gasteiger partial charge in [-0.3, -0.25) is 9.59 Å². The van der Waals surface area contributed by atoms with Gasteiger partial charge in [-0.05, 0) is 44.2 Å². The number of carbonyl (C=O) groups excluding carboxylic acids is 2. The largest absolute Gasteiger partial charge is 1.00 e. The van der Waals surface area contributed by atoms with E-state index in [1.807, 2.05) is 36.4 Å². The molecule has 1 aliphatic carbocycles. The number of likely N-dealkylation sites (tertiary alicyclic amines) is 1. The van der Waals surface area contributed by atoms with Gasteiger partial charge in [-0.1, -0.05) is 18.2 Å². The summed E-state index contributed by atoms with van der Waals surface area (Å²) in [5.41, 5.74) is 0.636. The first-order chi connectivity index (χ1) is 12.7. The number of hydrogen-bond acceptors (Lipinski definition) is 3. The Labute approximate surface area is 166 Å². The highest BCUT2D eigenvalue weighted by Crippen LogP contribution is 2.38. The molecule has 2 heterocycles. The van der Waals surface area contributed by atoms with Crippen LogP contribution in [0.15, 0.2) is 36.4 Å². The van der Waals surface area contributed by atoms with E-state index in [9.17, 15) is 9.59 Å². The third kappa shape index (κ3) is 4.19. The maximum absolute atomic E-state index is 12.7. The lowest BCUT2D eigenvalue weighted by atomic mass is 9.85. The van der Waals surface area contributed by atoms with E-state index in [1.54, 1.807) is 4.90 Å². The Bertz CT molecular complexity index is 689. The summed E-state index contributed by atoms with van der Waals surface area (Å²) in [7, 11) is 0. The van der Waals surface area contributed by atoms with Crippen LogP contribution in [0.2, 0.25) is 0 Å². The van der Waals surface area contributed by atoms with E-state index < -0.39 is 0 Å². The van der Waals surface area contributed by atoms with Crippen molar-refractivity contribution in [1.82, 2.24) is 0 Å². The molecular formula is C21H27ClN2O3. The molecule has 2 aliphatic heterocycles. The van der Waals surface area contributed by atoms with Crippen molar-refractivity contribution in [2.24, 2.45) is 11.8 Å². The molecule has 1 N–H and O–H groups in total. The smallest absolute Gasteiger partial charge is 0.238 e. The topological polar surface area (TPSA) is 51.0 Å². The molecule has 2 saturated heterocycles. The summed E-state index contributed by atoms with van der Waals surface area (Å²) in [6.07, 6.45) is 9.32. The van der Waals surface area contributed by atoms with Gasteiger partial charge < -0.3 is 22.0 Å². The average Bonchev–Trinajstić information content (AvgIpc) is 2.94. The van der Waals surface area contributed by atoms with Crippen molar-refractivity contribution in [3.05, 3.63) is 36.4 Å². The van der Waals surface area contributed by atoms with Crippen LogP contribution in [0, 0.1) is 11.8 Å². The maximum Gasteiger partial charge on any atom is 0.238 e. The Kier molecular flexibility index (Phi) is 6.55. The molecule has 4 rings (SSSR count). The van der Waals surface area contributed by atoms with Gasteiger partial charge >= 0.3 is 0 Å². The van der Waals surface area contributed by atoms with Gasteiger partial charge in [0.2, 0.25) is 11.8 Å². The molecule has 0 radical (unpaired) electrons. The SMILES string of the molecule is O=C1C2CC=CCC2C(=O)N1c1cccc(OCC[NH+]2CCCCC2)c1.[Cl-]. The zero-order valence-corrected chi connectivity index (χ0v) is 16.3. The number of nitrogens with one attached hydrogen (secondary N) is 1. The highest BCUT2D eigenvalue weighted by molar-refractivity contribution is 6.22. The summed E-state index contributed by atoms with van der Waals surface area (Å²) in [6.45, 7) is 4.13. The molecule has 5 nitrogen and oxygen atoms in total. The second-order valence-electron chi connectivity index (χ2n) is 7.57. The van der Waals surface area contributed by atoms with Gasteiger partial charge in [-0.2, -0.15) is 0 Å². The van der Waals surface area contributed by atoms with Gasteiger partial charge in [-0.15, -0.1) is 0 Å². The molecule has 146 valence electrons. The van der Waals surface area contributed by atoms with Crippen LogP contribution >= 0.6 is 0 Å². The zero-order valence-electron chi connectivity index (χ0n) is 15.5. The fourth-order valence-corrected chi connectivity index (χ4v) is 4.38. The highest BCUT2D eigenvalue weighted by atomic mass is 35.5. The minimum absolute atomic E-state index is 0. The minimum atomic E-state index is -0.195. The number of imide groups is 1. The summed E-state index contributed by atoms with van der Waals surface area (Å²) in [5.74, 6) is 0.200. The summed E-state index contributed by atoms with van der Waals surface area (Å²) >= 11 is 0. The number of allylic oxidation sites excluding steroid dienone is 2. The molecule has 2 unspecified atom stereocenters. The normalized spacial score (nSPS) is 25.3. The van der Waals surface area contributed by atoms with Crippen LogP contribution in [-0.2, 0) is 9.59 Å². The number of rotatable bonds is 5. The number of halogens is 1. The van der Waals surface area contributed by atoms with Gasteiger partial charge in [0.15, 0.2) is 0 Å². The molecule has 1 aromatic carbocycles. The third-order valence-electron chi connectivity index (χ3n) is 5.87. The first kappa shape index (κ1) is 19.9. The quantitative estimate of drug-likeness (QED) is 0.496. The Morgan fingerprint density at radius 3 is 2.33 bits per heavy atom. The molecule has 0 spiro atoms. The van der Waals surface area contributed by atoms with Crippen LogP contribution in [0.1, 0.15) is 32.1 Å². The van der Waals surface area contributed by atoms with Crippen molar-refractivity contribution in [1.29, 1.82) is 0 Å². The monoisotopic (exact) mass is 390 g/mol. The minimum Gasteiger partial charge on any atom is -1.00 e. The lowest BCUT2D eigenvalue weighted by molar-refractivity contribution is -0.904. The average molecular weight is 391 g/mol. The first-order valence-corrected chi connectivity index (χ1v) is 9.83. The van der Waals surface area contributed by atoms with Gasteiger partial charge in [0.1, 0.15) is 18.9 Å². The lowest BCUT2D eigenvalue weighted by Crippen LogP contribution is -3.13. The number of benzene rings is 1. The fourth-order valence-electron chi connectivity index (χ4n) is 4.38. The molecule has 2 fully saturated rings. The number of carbonyl (C=O) groups is 2. The van der Waals surface area contributed by atoms with Crippen molar-refractivity contribution in [3.63, 3.8) is 0 Å². The van der Waals surface area contributed by atoms with Gasteiger partial charge in [0.25, 0.3) is 0 Å². The molecular weight excluding hydrogens is 364 g/mol. The van der Waals surface area contributed by atoms with Crippen molar-refractivity contribution < 1.29 is 31.6 Å². The summed E-state index contributed by atoms with van der Waals surface area (Å²) in [5, 5.41) is 0. The van der Waals surface area contributed by atoms with Gasteiger partial charge in [0, 0.05) is 6.07 Å². The van der Waals surface area contributed by atoms with E-state index in [0.717, 1.165) is 12.3 Å². The zero-order chi connectivity index (χ0) is 17.9. The molecule has 6 heteroatoms. The van der Waals surface area contributed by atoms with Crippen molar-refractivity contribution in [2.75, 3.05) is 31.1 Å². The Hall–Kier alpha value is -1.85. The first-order valence-electron chi connectivity index (χ1n) is 9.83. The number of amides is 2. The molecule has 27 heavy (non-hydrogen) atoms. The van der Waals surface area contributed by atoms with Gasteiger partial charge in [-0.25, -0.2) is 4.90 Å². The number of fused-ring (bicyclic) bond motifs is 1. The van der Waals surface area contributed by atoms with Crippen molar-refractivity contribution in [3.8, 4) is 5.75 Å². The molecule has 0 aromatic heterocycles. The van der Waals surface area contributed by atoms with E-state index in [2.05, 4.69) is 0 Å². The molecule has 3 aliphatic rings. The van der Waals surface area contributed by atoms with Crippen LogP contribution in [0.4, 0.5) is 5.69 Å². The Balaban J connectivity index is 0.00000210. The van der Waals surface area contributed by atoms with Crippen LogP contribution in [0.3, 0.4) is 0 Å². The molecule has 2 amide bonds. The number of quaternary nitrogens is 1. The predicted octanol–water partition coefficient (Wildman–Crippen LogP) is -1.41. The van der Waals surface area contributed by atoms with E-state index in [1.165, 1.54) is 37.3 Å². The number of anilines is 1. The number of nitrogens with zero attached hydrogens (tertiary/aromatic N) is 1. The highest BCUT2D eigenvalue weighted by Gasteiger charge is 2.47. The lowest BCUT2D eigenvalue weighted by Gasteiger charge is -2.23. The standard InChI is InChI=1S/C21H26N2O3.ClH/c24-20-18-9-2-3-10-19(18)21(25)23(20)16-7-6-8-17(15-16)26-14-13-22-11-4-1-5-12-22;/h2-3,6-8,15,18-19H,1,4-5,9-14H2;1H. The molecule has 0 bridgehead atoms. The Morgan fingerprint density at radius 1 is 1.00 bits per heavy atom. The van der Waals surface area contributed by atoms with Crippen LogP contribution in [-0.4, -0.2) is 38.1 Å². The van der Waals surface area contributed by atoms with Crippen LogP contribution in [0.5, 0.6) is 5.75 Å². The second kappa shape index (κ2) is 8.89. The van der Waals surface area contributed by atoms with E-state index in [-0.39, 0.29) is 36.1 Å². The van der Waals surface area contributed by atoms with Gasteiger partial charge in [0.05, 0.1) is 30.6 Å². The molecule has 0 saturated carbocycles. The number of piperidine rings is 1. The van der Waals surface area contributed by atoms with Crippen molar-refractivity contribution >= 4 is 17.5 Å². The predicted molar refractivity (Wildman–Crippen MR) is 99.2 cm³/mol. The fraction of sp³-hybridized carbons (Fsp3) is 0.524. The summed E-state index contributed by atoms with van der Waals surface area (Å²) < 4.78 is 5.92. The number of ether oxygens (including phenoxy) is 1. The molecule has 1 aromatic rings. The van der Waals surface area contributed by atoms with Crippen LogP contribution in [0.25, 0.3) is 0 Å². The summed E-state index contributed by atoms with van der Waals surface area (Å²) in [4.78, 5) is 28.4. The molecule has 2 atom stereocenters.